The van der Waals surface area contributed by atoms with Gasteiger partial charge in [0.25, 0.3) is 10.2 Å². The van der Waals surface area contributed by atoms with Gasteiger partial charge in [0.2, 0.25) is 5.91 Å². The Balaban J connectivity index is 2.54. The Bertz CT molecular complexity index is 569. The van der Waals surface area contributed by atoms with Crippen LogP contribution in [-0.2, 0) is 15.0 Å². The molecule has 0 aromatic carbocycles. The lowest BCUT2D eigenvalue weighted by Crippen LogP contribution is -2.57. The summed E-state index contributed by atoms with van der Waals surface area (Å²) in [7, 11) is -3.45. The first kappa shape index (κ1) is 22.8. The van der Waals surface area contributed by atoms with E-state index in [2.05, 4.69) is 10.6 Å². The molecule has 0 unspecified atom stereocenters. The van der Waals surface area contributed by atoms with Crippen LogP contribution in [0.4, 0.5) is 4.79 Å². The summed E-state index contributed by atoms with van der Waals surface area (Å²) in [4.78, 5) is 25.8. The monoisotopic (exact) mass is 391 g/mol. The van der Waals surface area contributed by atoms with E-state index in [1.807, 2.05) is 32.6 Å². The van der Waals surface area contributed by atoms with Crippen molar-refractivity contribution in [2.24, 2.45) is 5.92 Å². The second-order valence-corrected chi connectivity index (χ2v) is 8.72. The maximum absolute atomic E-state index is 12.5. The molecule has 0 aliphatic carbocycles. The van der Waals surface area contributed by atoms with Gasteiger partial charge in [0.1, 0.15) is 0 Å². The fourth-order valence-electron chi connectivity index (χ4n) is 2.76. The minimum atomic E-state index is -3.45. The van der Waals surface area contributed by atoms with Crippen molar-refractivity contribution in [2.75, 3.05) is 45.8 Å². The van der Waals surface area contributed by atoms with Crippen LogP contribution in [0, 0.1) is 5.92 Å². The number of nitrogens with zero attached hydrogens (tertiary/aromatic N) is 3. The van der Waals surface area contributed by atoms with E-state index >= 15 is 0 Å². The number of rotatable bonds is 8. The summed E-state index contributed by atoms with van der Waals surface area (Å²) < 4.78 is 27.9. The van der Waals surface area contributed by atoms with E-state index < -0.39 is 22.3 Å². The summed E-state index contributed by atoms with van der Waals surface area (Å²) in [6, 6.07) is -1.00. The molecular formula is C16H33N5O4S. The average Bonchev–Trinajstić information content (AvgIpc) is 2.60. The normalized spacial score (nSPS) is 18.1. The van der Waals surface area contributed by atoms with Crippen molar-refractivity contribution in [1.29, 1.82) is 0 Å². The summed E-state index contributed by atoms with van der Waals surface area (Å²) in [6.07, 6.45) is 0. The summed E-state index contributed by atoms with van der Waals surface area (Å²) in [5.74, 6) is -0.0829. The van der Waals surface area contributed by atoms with Crippen molar-refractivity contribution < 1.29 is 18.0 Å². The van der Waals surface area contributed by atoms with Crippen LogP contribution < -0.4 is 10.6 Å². The van der Waals surface area contributed by atoms with Crippen molar-refractivity contribution in [3.63, 3.8) is 0 Å². The highest BCUT2D eigenvalue weighted by molar-refractivity contribution is 7.86. The maximum Gasteiger partial charge on any atom is 0.321 e. The molecule has 1 atom stereocenters. The molecule has 0 bridgehead atoms. The second kappa shape index (κ2) is 10.2. The molecule has 1 aliphatic rings. The Kier molecular flexibility index (Phi) is 8.94. The van der Waals surface area contributed by atoms with Gasteiger partial charge in [0.15, 0.2) is 0 Å². The van der Waals surface area contributed by atoms with Gasteiger partial charge < -0.3 is 5.32 Å². The van der Waals surface area contributed by atoms with Crippen LogP contribution >= 0.6 is 0 Å². The van der Waals surface area contributed by atoms with E-state index in [4.69, 9.17) is 0 Å². The van der Waals surface area contributed by atoms with Crippen LogP contribution in [-0.4, -0.2) is 85.7 Å². The molecule has 26 heavy (non-hydrogen) atoms. The lowest BCUT2D eigenvalue weighted by molar-refractivity contribution is -0.125. The van der Waals surface area contributed by atoms with E-state index in [1.54, 1.807) is 6.92 Å². The number of nitrogens with one attached hydrogen (secondary N) is 2. The lowest BCUT2D eigenvalue weighted by atomic mass is 10.2. The number of carbonyl (C=O) groups excluding carboxylic acids is 2. The minimum Gasteiger partial charge on any atom is -0.338 e. The Morgan fingerprint density at radius 3 is 2.04 bits per heavy atom. The molecule has 0 radical (unpaired) electrons. The standard InChI is InChI=1S/C16H33N5O4S/c1-6-20(7-2)26(24,25)21-10-8-19(9-11-21)14(5)15(22)18-16(23)17-12-13(3)4/h13-14H,6-12H2,1-5H3,(H2,17,18,22,23)/t14-/m1/s1. The summed E-state index contributed by atoms with van der Waals surface area (Å²) in [6.45, 7) is 12.2. The molecule has 0 aromatic rings. The average molecular weight is 392 g/mol. The van der Waals surface area contributed by atoms with Crippen molar-refractivity contribution in [3.8, 4) is 0 Å². The van der Waals surface area contributed by atoms with Gasteiger partial charge in [0.05, 0.1) is 6.04 Å². The molecule has 9 nitrogen and oxygen atoms in total. The van der Waals surface area contributed by atoms with Gasteiger partial charge in [-0.25, -0.2) is 4.79 Å². The number of piperazine rings is 1. The molecular weight excluding hydrogens is 358 g/mol. The van der Waals surface area contributed by atoms with Gasteiger partial charge in [-0.2, -0.15) is 17.0 Å². The topological polar surface area (TPSA) is 102 Å². The molecule has 1 aliphatic heterocycles. The SMILES string of the molecule is CCN(CC)S(=O)(=O)N1CCN([C@H](C)C(=O)NC(=O)NCC(C)C)CC1. The molecule has 152 valence electrons. The number of hydrogen-bond acceptors (Lipinski definition) is 5. The number of carbonyl (C=O) groups is 2. The molecule has 2 N–H and O–H groups in total. The Labute approximate surface area is 157 Å². The molecule has 1 fully saturated rings. The summed E-state index contributed by atoms with van der Waals surface area (Å²) >= 11 is 0. The van der Waals surface area contributed by atoms with Crippen molar-refractivity contribution in [3.05, 3.63) is 0 Å². The lowest BCUT2D eigenvalue weighted by Gasteiger charge is -2.38. The van der Waals surface area contributed by atoms with Crippen molar-refractivity contribution in [2.45, 2.75) is 40.7 Å². The van der Waals surface area contributed by atoms with Gasteiger partial charge in [-0.05, 0) is 12.8 Å². The third-order valence-electron chi connectivity index (χ3n) is 4.47. The van der Waals surface area contributed by atoms with Gasteiger partial charge >= 0.3 is 6.03 Å². The van der Waals surface area contributed by atoms with Crippen LogP contribution in [0.1, 0.15) is 34.6 Å². The fourth-order valence-corrected chi connectivity index (χ4v) is 4.36. The predicted octanol–water partition coefficient (Wildman–Crippen LogP) is 0.0609. The van der Waals surface area contributed by atoms with Crippen molar-refractivity contribution in [1.82, 2.24) is 24.1 Å². The van der Waals surface area contributed by atoms with Crippen LogP contribution in [0.5, 0.6) is 0 Å². The Morgan fingerprint density at radius 1 is 1.04 bits per heavy atom. The third-order valence-corrected chi connectivity index (χ3v) is 6.65. The summed E-state index contributed by atoms with van der Waals surface area (Å²) in [5.41, 5.74) is 0. The molecule has 0 saturated carbocycles. The van der Waals surface area contributed by atoms with Gasteiger partial charge in [0, 0.05) is 45.8 Å². The highest BCUT2D eigenvalue weighted by Crippen LogP contribution is 2.13. The van der Waals surface area contributed by atoms with Crippen LogP contribution in [0.2, 0.25) is 0 Å². The number of hydrogen-bond donors (Lipinski definition) is 2. The third kappa shape index (κ3) is 6.19. The minimum absolute atomic E-state index is 0.300. The Morgan fingerprint density at radius 2 is 1.58 bits per heavy atom. The first-order chi connectivity index (χ1) is 12.1. The second-order valence-electron chi connectivity index (χ2n) is 6.80. The Hall–Kier alpha value is -1.23. The van der Waals surface area contributed by atoms with Gasteiger partial charge in [-0.1, -0.05) is 27.7 Å². The molecule has 0 aromatic heterocycles. The maximum atomic E-state index is 12.5. The zero-order valence-corrected chi connectivity index (χ0v) is 17.3. The van der Waals surface area contributed by atoms with Gasteiger partial charge in [-0.3, -0.25) is 15.0 Å². The molecule has 0 spiro atoms. The molecule has 1 heterocycles. The predicted molar refractivity (Wildman–Crippen MR) is 101 cm³/mol. The fraction of sp³-hybridized carbons (Fsp3) is 0.875. The van der Waals surface area contributed by atoms with E-state index in [1.165, 1.54) is 8.61 Å². The van der Waals surface area contributed by atoms with E-state index in [0.29, 0.717) is 51.7 Å². The molecule has 1 saturated heterocycles. The van der Waals surface area contributed by atoms with E-state index in [9.17, 15) is 18.0 Å². The van der Waals surface area contributed by atoms with E-state index in [0.717, 1.165) is 0 Å². The molecule has 3 amide bonds. The van der Waals surface area contributed by atoms with Crippen LogP contribution in [0.3, 0.4) is 0 Å². The van der Waals surface area contributed by atoms with Gasteiger partial charge in [-0.15, -0.1) is 0 Å². The molecule has 10 heteroatoms. The summed E-state index contributed by atoms with van der Waals surface area (Å²) in [5, 5.41) is 4.98. The number of urea groups is 1. The molecule has 1 rings (SSSR count). The quantitative estimate of drug-likeness (QED) is 0.609. The first-order valence-electron chi connectivity index (χ1n) is 9.21. The first-order valence-corrected chi connectivity index (χ1v) is 10.6. The van der Waals surface area contributed by atoms with Crippen molar-refractivity contribution >= 4 is 22.1 Å². The smallest absolute Gasteiger partial charge is 0.321 e. The zero-order valence-electron chi connectivity index (χ0n) is 16.5. The largest absolute Gasteiger partial charge is 0.338 e. The van der Waals surface area contributed by atoms with E-state index in [-0.39, 0.29) is 5.91 Å². The zero-order chi connectivity index (χ0) is 19.9. The highest BCUT2D eigenvalue weighted by atomic mass is 32.2. The van der Waals surface area contributed by atoms with Crippen LogP contribution in [0.15, 0.2) is 0 Å². The number of imide groups is 1. The highest BCUT2D eigenvalue weighted by Gasteiger charge is 2.33. The number of amides is 3. The van der Waals surface area contributed by atoms with Crippen LogP contribution in [0.25, 0.3) is 0 Å².